The summed E-state index contributed by atoms with van der Waals surface area (Å²) in [5.41, 5.74) is 0.411. The smallest absolute Gasteiger partial charge is 0.106 e. The van der Waals surface area contributed by atoms with Gasteiger partial charge in [-0.3, -0.25) is 0 Å². The zero-order valence-electron chi connectivity index (χ0n) is 10.1. The van der Waals surface area contributed by atoms with E-state index in [0.717, 1.165) is 19.6 Å². The van der Waals surface area contributed by atoms with Gasteiger partial charge in [-0.2, -0.15) is 0 Å². The van der Waals surface area contributed by atoms with E-state index in [1.807, 2.05) is 11.6 Å². The van der Waals surface area contributed by atoms with Crippen LogP contribution >= 0.6 is 11.3 Å². The number of rotatable bonds is 4. The van der Waals surface area contributed by atoms with Crippen LogP contribution in [0, 0.1) is 5.41 Å². The first-order valence-corrected chi connectivity index (χ1v) is 6.89. The molecular weight excluding hydrogens is 218 g/mol. The molecule has 90 valence electrons. The van der Waals surface area contributed by atoms with Crippen LogP contribution in [0.5, 0.6) is 0 Å². The fourth-order valence-electron chi connectivity index (χ4n) is 2.28. The second kappa shape index (κ2) is 5.25. The van der Waals surface area contributed by atoms with E-state index in [0.29, 0.717) is 11.5 Å². The average Bonchev–Trinajstić information content (AvgIpc) is 2.73. The third kappa shape index (κ3) is 3.03. The maximum Gasteiger partial charge on any atom is 0.106 e. The Morgan fingerprint density at radius 2 is 2.50 bits per heavy atom. The van der Waals surface area contributed by atoms with Gasteiger partial charge >= 0.3 is 0 Å². The number of hydrogen-bond donors (Lipinski definition) is 2. The third-order valence-corrected chi connectivity index (χ3v) is 4.22. The van der Waals surface area contributed by atoms with Crippen molar-refractivity contribution in [3.05, 3.63) is 16.6 Å². The normalized spacial score (nSPS) is 24.5. The van der Waals surface area contributed by atoms with Gasteiger partial charge in [-0.15, -0.1) is 11.3 Å². The van der Waals surface area contributed by atoms with E-state index in [9.17, 15) is 0 Å². The molecule has 0 aliphatic carbocycles. The Morgan fingerprint density at radius 3 is 3.19 bits per heavy atom. The standard InChI is InChI=1S/C12H21N3S/c1-12(2)4-3-5-14-10(12)8-13-9-11-15-6-7-16-11/h6-7,10,13-14H,3-5,8-9H2,1-2H3. The summed E-state index contributed by atoms with van der Waals surface area (Å²) in [6.07, 6.45) is 4.49. The maximum atomic E-state index is 4.27. The minimum Gasteiger partial charge on any atom is -0.312 e. The van der Waals surface area contributed by atoms with Crippen molar-refractivity contribution in [1.82, 2.24) is 15.6 Å². The third-order valence-electron chi connectivity index (χ3n) is 3.44. The first-order valence-electron chi connectivity index (χ1n) is 6.01. The largest absolute Gasteiger partial charge is 0.312 e. The lowest BCUT2D eigenvalue weighted by Crippen LogP contribution is -2.51. The van der Waals surface area contributed by atoms with E-state index in [4.69, 9.17) is 0 Å². The molecule has 1 atom stereocenters. The molecule has 2 rings (SSSR count). The molecule has 1 unspecified atom stereocenters. The highest BCUT2D eigenvalue weighted by atomic mass is 32.1. The fraction of sp³-hybridized carbons (Fsp3) is 0.750. The summed E-state index contributed by atoms with van der Waals surface area (Å²) in [6, 6.07) is 0.584. The summed E-state index contributed by atoms with van der Waals surface area (Å²) in [6.45, 7) is 7.80. The van der Waals surface area contributed by atoms with E-state index >= 15 is 0 Å². The van der Waals surface area contributed by atoms with Crippen molar-refractivity contribution < 1.29 is 0 Å². The van der Waals surface area contributed by atoms with Crippen LogP contribution in [-0.4, -0.2) is 24.1 Å². The van der Waals surface area contributed by atoms with Gasteiger partial charge in [-0.25, -0.2) is 4.98 Å². The van der Waals surface area contributed by atoms with Crippen LogP contribution in [0.25, 0.3) is 0 Å². The van der Waals surface area contributed by atoms with Gasteiger partial charge in [0.2, 0.25) is 0 Å². The van der Waals surface area contributed by atoms with E-state index in [1.165, 1.54) is 17.8 Å². The number of hydrogen-bond acceptors (Lipinski definition) is 4. The van der Waals surface area contributed by atoms with Crippen molar-refractivity contribution in [2.75, 3.05) is 13.1 Å². The average molecular weight is 239 g/mol. The van der Waals surface area contributed by atoms with Crippen LogP contribution in [0.4, 0.5) is 0 Å². The van der Waals surface area contributed by atoms with E-state index in [-0.39, 0.29) is 0 Å². The molecular formula is C12H21N3S. The predicted octanol–water partition coefficient (Wildman–Crippen LogP) is 2.01. The van der Waals surface area contributed by atoms with E-state index in [1.54, 1.807) is 11.3 Å². The molecule has 1 aliphatic heterocycles. The molecule has 0 amide bonds. The summed E-state index contributed by atoms with van der Waals surface area (Å²) in [4.78, 5) is 4.27. The summed E-state index contributed by atoms with van der Waals surface area (Å²) in [5, 5.41) is 10.3. The van der Waals surface area contributed by atoms with Crippen molar-refractivity contribution in [3.63, 3.8) is 0 Å². The lowest BCUT2D eigenvalue weighted by Gasteiger charge is -2.39. The second-order valence-corrected chi connectivity index (χ2v) is 6.13. The van der Waals surface area contributed by atoms with Crippen LogP contribution in [0.15, 0.2) is 11.6 Å². The highest BCUT2D eigenvalue weighted by Gasteiger charge is 2.31. The maximum absolute atomic E-state index is 4.27. The lowest BCUT2D eigenvalue weighted by molar-refractivity contribution is 0.176. The first-order chi connectivity index (χ1) is 7.68. The van der Waals surface area contributed by atoms with Gasteiger partial charge in [0.05, 0.1) is 0 Å². The summed E-state index contributed by atoms with van der Waals surface area (Å²) >= 11 is 1.72. The molecule has 1 aromatic rings. The first kappa shape index (κ1) is 12.0. The topological polar surface area (TPSA) is 37.0 Å². The van der Waals surface area contributed by atoms with Gasteiger partial charge in [-0.1, -0.05) is 13.8 Å². The van der Waals surface area contributed by atoms with Gasteiger partial charge in [0.25, 0.3) is 0 Å². The minimum absolute atomic E-state index is 0.411. The Bertz CT molecular complexity index is 308. The molecule has 1 fully saturated rings. The zero-order chi connectivity index (χ0) is 11.4. The van der Waals surface area contributed by atoms with Gasteiger partial charge in [0.15, 0.2) is 0 Å². The molecule has 2 heterocycles. The van der Waals surface area contributed by atoms with E-state index in [2.05, 4.69) is 29.5 Å². The number of piperidine rings is 1. The van der Waals surface area contributed by atoms with E-state index < -0.39 is 0 Å². The molecule has 0 bridgehead atoms. The Balaban J connectivity index is 1.76. The number of aromatic nitrogens is 1. The molecule has 2 N–H and O–H groups in total. The Morgan fingerprint density at radius 1 is 1.62 bits per heavy atom. The van der Waals surface area contributed by atoms with Crippen molar-refractivity contribution in [3.8, 4) is 0 Å². The molecule has 1 aliphatic rings. The van der Waals surface area contributed by atoms with Crippen LogP contribution in [0.2, 0.25) is 0 Å². The lowest BCUT2D eigenvalue weighted by atomic mass is 9.77. The van der Waals surface area contributed by atoms with Crippen molar-refractivity contribution in [2.24, 2.45) is 5.41 Å². The molecule has 0 radical (unpaired) electrons. The highest BCUT2D eigenvalue weighted by molar-refractivity contribution is 7.09. The molecule has 0 aromatic carbocycles. The van der Waals surface area contributed by atoms with Gasteiger partial charge in [-0.05, 0) is 24.8 Å². The van der Waals surface area contributed by atoms with Crippen molar-refractivity contribution in [2.45, 2.75) is 39.3 Å². The Labute approximate surface area is 102 Å². The fourth-order valence-corrected chi connectivity index (χ4v) is 2.87. The van der Waals surface area contributed by atoms with Gasteiger partial charge in [0, 0.05) is 30.7 Å². The molecule has 16 heavy (non-hydrogen) atoms. The highest BCUT2D eigenvalue weighted by Crippen LogP contribution is 2.29. The number of nitrogens with one attached hydrogen (secondary N) is 2. The quantitative estimate of drug-likeness (QED) is 0.844. The van der Waals surface area contributed by atoms with Crippen LogP contribution in [-0.2, 0) is 6.54 Å². The Hall–Kier alpha value is -0.450. The molecule has 3 nitrogen and oxygen atoms in total. The zero-order valence-corrected chi connectivity index (χ0v) is 10.9. The monoisotopic (exact) mass is 239 g/mol. The van der Waals surface area contributed by atoms with Crippen LogP contribution in [0.3, 0.4) is 0 Å². The molecule has 1 saturated heterocycles. The molecule has 0 spiro atoms. The summed E-state index contributed by atoms with van der Waals surface area (Å²) < 4.78 is 0. The number of nitrogens with zero attached hydrogens (tertiary/aromatic N) is 1. The van der Waals surface area contributed by atoms with Gasteiger partial charge in [0.1, 0.15) is 5.01 Å². The summed E-state index contributed by atoms with van der Waals surface area (Å²) in [5.74, 6) is 0. The van der Waals surface area contributed by atoms with Crippen LogP contribution < -0.4 is 10.6 Å². The minimum atomic E-state index is 0.411. The second-order valence-electron chi connectivity index (χ2n) is 5.16. The molecule has 1 aromatic heterocycles. The molecule has 4 heteroatoms. The SMILES string of the molecule is CC1(C)CCCNC1CNCc1nccs1. The molecule has 0 saturated carbocycles. The Kier molecular flexibility index (Phi) is 3.95. The summed E-state index contributed by atoms with van der Waals surface area (Å²) in [7, 11) is 0. The van der Waals surface area contributed by atoms with Crippen molar-refractivity contribution >= 4 is 11.3 Å². The van der Waals surface area contributed by atoms with Gasteiger partial charge < -0.3 is 10.6 Å². The predicted molar refractivity (Wildman–Crippen MR) is 68.6 cm³/mol. The van der Waals surface area contributed by atoms with Crippen molar-refractivity contribution in [1.29, 1.82) is 0 Å². The number of thiazole rings is 1. The van der Waals surface area contributed by atoms with Crippen LogP contribution in [0.1, 0.15) is 31.7 Å².